The Morgan fingerprint density at radius 2 is 1.65 bits per heavy atom. The van der Waals surface area contributed by atoms with E-state index in [1.165, 1.54) is 0 Å². The Labute approximate surface area is 133 Å². The number of hydrogen-bond donors (Lipinski definition) is 1. The van der Waals surface area contributed by atoms with E-state index in [4.69, 9.17) is 4.42 Å². The third-order valence-electron chi connectivity index (χ3n) is 4.34. The molecule has 0 fully saturated rings. The molecule has 0 radical (unpaired) electrons. The Morgan fingerprint density at radius 3 is 2.65 bits per heavy atom. The maximum absolute atomic E-state index is 5.91. The van der Waals surface area contributed by atoms with Gasteiger partial charge in [-0.3, -0.25) is 4.99 Å². The van der Waals surface area contributed by atoms with E-state index >= 15 is 0 Å². The van der Waals surface area contributed by atoms with Crippen LogP contribution in [0.2, 0.25) is 0 Å². The van der Waals surface area contributed by atoms with Gasteiger partial charge in [-0.15, -0.1) is 0 Å². The first-order chi connectivity index (χ1) is 11.4. The van der Waals surface area contributed by atoms with E-state index in [0.29, 0.717) is 6.67 Å². The lowest BCUT2D eigenvalue weighted by Crippen LogP contribution is -2.16. The van der Waals surface area contributed by atoms with E-state index in [1.807, 2.05) is 36.4 Å². The van der Waals surface area contributed by atoms with Gasteiger partial charge in [-0.25, -0.2) is 0 Å². The van der Waals surface area contributed by atoms with Gasteiger partial charge in [0.05, 0.1) is 5.71 Å². The van der Waals surface area contributed by atoms with Gasteiger partial charge in [0.1, 0.15) is 17.8 Å². The highest BCUT2D eigenvalue weighted by molar-refractivity contribution is 6.19. The number of rotatable bonds is 1. The molecule has 0 bridgehead atoms. The monoisotopic (exact) mass is 298 g/mol. The first-order valence-electron chi connectivity index (χ1n) is 7.69. The summed E-state index contributed by atoms with van der Waals surface area (Å²) in [6.45, 7) is 0.608. The molecule has 0 unspecified atom stereocenters. The van der Waals surface area contributed by atoms with Crippen LogP contribution < -0.4 is 5.32 Å². The minimum Gasteiger partial charge on any atom is -0.456 e. The molecule has 110 valence electrons. The van der Waals surface area contributed by atoms with Gasteiger partial charge in [0.2, 0.25) is 0 Å². The van der Waals surface area contributed by atoms with Crippen molar-refractivity contribution < 1.29 is 4.42 Å². The van der Waals surface area contributed by atoms with E-state index in [-0.39, 0.29) is 0 Å². The Hall–Kier alpha value is -3.07. The zero-order valence-corrected chi connectivity index (χ0v) is 12.4. The molecule has 0 atom stereocenters. The lowest BCUT2D eigenvalue weighted by Gasteiger charge is -2.18. The molecule has 0 spiro atoms. The van der Waals surface area contributed by atoms with E-state index in [1.54, 1.807) is 0 Å². The Morgan fingerprint density at radius 1 is 0.826 bits per heavy atom. The Kier molecular flexibility index (Phi) is 2.56. The van der Waals surface area contributed by atoms with Crippen LogP contribution in [0.4, 0.5) is 5.69 Å². The summed E-state index contributed by atoms with van der Waals surface area (Å²) in [5.74, 6) is 0. The molecule has 4 aromatic rings. The van der Waals surface area contributed by atoms with Crippen molar-refractivity contribution in [3.05, 3.63) is 77.9 Å². The second kappa shape index (κ2) is 4.71. The number of aliphatic imine (C=N–C) groups is 1. The number of furan rings is 1. The van der Waals surface area contributed by atoms with Gasteiger partial charge in [-0.2, -0.15) is 0 Å². The van der Waals surface area contributed by atoms with Crippen molar-refractivity contribution in [2.45, 2.75) is 0 Å². The number of hydrogen-bond acceptors (Lipinski definition) is 3. The number of para-hydroxylation sites is 2. The summed E-state index contributed by atoms with van der Waals surface area (Å²) in [6, 6.07) is 22.8. The van der Waals surface area contributed by atoms with Gasteiger partial charge in [0.25, 0.3) is 0 Å². The molecular formula is C20H14N2O. The molecule has 0 saturated carbocycles. The van der Waals surface area contributed by atoms with Gasteiger partial charge in [-0.1, -0.05) is 36.4 Å². The predicted molar refractivity (Wildman–Crippen MR) is 94.3 cm³/mol. The van der Waals surface area contributed by atoms with Gasteiger partial charge in [-0.05, 0) is 30.3 Å². The highest BCUT2D eigenvalue weighted by Gasteiger charge is 2.16. The fourth-order valence-electron chi connectivity index (χ4n) is 3.25. The smallest absolute Gasteiger partial charge is 0.135 e. The molecule has 3 nitrogen and oxygen atoms in total. The molecule has 1 aliphatic rings. The summed E-state index contributed by atoms with van der Waals surface area (Å²) in [4.78, 5) is 4.69. The Balaban J connectivity index is 1.75. The third kappa shape index (κ3) is 1.87. The fourth-order valence-corrected chi connectivity index (χ4v) is 3.25. The maximum Gasteiger partial charge on any atom is 0.135 e. The molecule has 0 amide bonds. The van der Waals surface area contributed by atoms with Gasteiger partial charge < -0.3 is 9.73 Å². The van der Waals surface area contributed by atoms with Crippen LogP contribution in [0.15, 0.2) is 76.1 Å². The minimum absolute atomic E-state index is 0.608. The largest absolute Gasteiger partial charge is 0.456 e. The van der Waals surface area contributed by atoms with Gasteiger partial charge in [0.15, 0.2) is 0 Å². The van der Waals surface area contributed by atoms with Crippen molar-refractivity contribution in [2.75, 3.05) is 12.0 Å². The summed E-state index contributed by atoms with van der Waals surface area (Å²) >= 11 is 0. The third-order valence-corrected chi connectivity index (χ3v) is 4.34. The zero-order valence-electron chi connectivity index (χ0n) is 12.4. The van der Waals surface area contributed by atoms with Crippen LogP contribution in [-0.4, -0.2) is 12.4 Å². The molecular weight excluding hydrogens is 284 g/mol. The topological polar surface area (TPSA) is 37.5 Å². The second-order valence-electron chi connectivity index (χ2n) is 5.70. The number of fused-ring (bicyclic) bond motifs is 4. The van der Waals surface area contributed by atoms with Crippen LogP contribution in [0, 0.1) is 0 Å². The van der Waals surface area contributed by atoms with Crippen molar-refractivity contribution in [3.63, 3.8) is 0 Å². The lowest BCUT2D eigenvalue weighted by atomic mass is 9.98. The summed E-state index contributed by atoms with van der Waals surface area (Å²) in [6.07, 6.45) is 0. The molecule has 3 aromatic carbocycles. The Bertz CT molecular complexity index is 1080. The molecule has 5 rings (SSSR count). The molecule has 0 aliphatic carbocycles. The second-order valence-corrected chi connectivity index (χ2v) is 5.70. The van der Waals surface area contributed by atoms with E-state index < -0.39 is 0 Å². The van der Waals surface area contributed by atoms with Crippen LogP contribution in [0.5, 0.6) is 0 Å². The van der Waals surface area contributed by atoms with Crippen molar-refractivity contribution in [1.82, 2.24) is 0 Å². The predicted octanol–water partition coefficient (Wildman–Crippen LogP) is 4.81. The number of anilines is 1. The van der Waals surface area contributed by atoms with E-state index in [9.17, 15) is 0 Å². The average Bonchev–Trinajstić information content (AvgIpc) is 2.99. The molecule has 1 aliphatic heterocycles. The highest BCUT2D eigenvalue weighted by atomic mass is 16.3. The fraction of sp³-hybridized carbons (Fsp3) is 0.0500. The summed E-state index contributed by atoms with van der Waals surface area (Å²) < 4.78 is 5.91. The van der Waals surface area contributed by atoms with E-state index in [2.05, 4.69) is 40.6 Å². The van der Waals surface area contributed by atoms with Crippen LogP contribution in [-0.2, 0) is 0 Å². The first-order valence-corrected chi connectivity index (χ1v) is 7.69. The van der Waals surface area contributed by atoms with Crippen molar-refractivity contribution in [3.8, 4) is 0 Å². The van der Waals surface area contributed by atoms with Crippen LogP contribution in [0.25, 0.3) is 21.9 Å². The normalized spacial score (nSPS) is 13.7. The molecule has 3 heteroatoms. The summed E-state index contributed by atoms with van der Waals surface area (Å²) in [5, 5.41) is 5.60. The lowest BCUT2D eigenvalue weighted by molar-refractivity contribution is 0.669. The highest BCUT2D eigenvalue weighted by Crippen LogP contribution is 2.31. The van der Waals surface area contributed by atoms with Crippen LogP contribution in [0.3, 0.4) is 0 Å². The molecule has 2 heterocycles. The first kappa shape index (κ1) is 12.5. The molecule has 0 saturated heterocycles. The van der Waals surface area contributed by atoms with E-state index in [0.717, 1.165) is 44.5 Å². The van der Waals surface area contributed by atoms with Gasteiger partial charge >= 0.3 is 0 Å². The molecule has 1 N–H and O–H groups in total. The standard InChI is InChI=1S/C20H14N2O/c1-3-7-17-15(6-1)20(22-12-21-17)13-9-10-19-16(11-13)14-5-2-4-8-18(14)23-19/h1-11,21H,12H2. The van der Waals surface area contributed by atoms with Crippen molar-refractivity contribution >= 4 is 33.3 Å². The van der Waals surface area contributed by atoms with Crippen molar-refractivity contribution in [1.29, 1.82) is 0 Å². The summed E-state index contributed by atoms with van der Waals surface area (Å²) in [5.41, 5.74) is 6.27. The molecule has 23 heavy (non-hydrogen) atoms. The summed E-state index contributed by atoms with van der Waals surface area (Å²) in [7, 11) is 0. The molecule has 1 aromatic heterocycles. The maximum atomic E-state index is 5.91. The van der Waals surface area contributed by atoms with Crippen LogP contribution in [0.1, 0.15) is 11.1 Å². The van der Waals surface area contributed by atoms with Crippen molar-refractivity contribution in [2.24, 2.45) is 4.99 Å². The van der Waals surface area contributed by atoms with Gasteiger partial charge in [0, 0.05) is 27.6 Å². The number of benzene rings is 3. The number of nitrogens with one attached hydrogen (secondary N) is 1. The minimum atomic E-state index is 0.608. The average molecular weight is 298 g/mol. The quantitative estimate of drug-likeness (QED) is 0.548. The number of nitrogens with zero attached hydrogens (tertiary/aromatic N) is 1. The van der Waals surface area contributed by atoms with Crippen LogP contribution >= 0.6 is 0 Å². The zero-order chi connectivity index (χ0) is 15.2. The SMILES string of the molecule is c1ccc2c(c1)NCN=C2c1ccc2oc3ccccc3c2c1.